The van der Waals surface area contributed by atoms with Crippen molar-refractivity contribution in [2.24, 2.45) is 5.73 Å². The number of ether oxygens (including phenoxy) is 1. The van der Waals surface area contributed by atoms with E-state index in [0.717, 1.165) is 15.2 Å². The molecule has 0 aliphatic rings. The molecule has 0 fully saturated rings. The molecular formula is C14H17N3O3S. The number of carbonyl (C=O) groups excluding carboxylic acids is 2. The van der Waals surface area contributed by atoms with E-state index in [1.807, 2.05) is 24.3 Å². The third-order valence-corrected chi connectivity index (χ3v) is 3.91. The van der Waals surface area contributed by atoms with E-state index in [9.17, 15) is 9.59 Å². The van der Waals surface area contributed by atoms with Crippen LogP contribution < -0.4 is 5.73 Å². The van der Waals surface area contributed by atoms with Gasteiger partial charge in [-0.1, -0.05) is 12.1 Å². The topological polar surface area (TPSA) is 85.5 Å². The summed E-state index contributed by atoms with van der Waals surface area (Å²) in [6.07, 6.45) is 0. The number of likely N-dealkylation sites (N-methyl/N-ethyl adjacent to an activating group) is 1. The van der Waals surface area contributed by atoms with Crippen molar-refractivity contribution in [3.8, 4) is 0 Å². The average Bonchev–Trinajstić information content (AvgIpc) is 2.87. The molecule has 0 bridgehead atoms. The van der Waals surface area contributed by atoms with E-state index < -0.39 is 17.9 Å². The SMILES string of the molecule is CCOC(=O)C(N)C(=O)N(C)Cc1nc2ccccc2s1. The maximum atomic E-state index is 12.1. The number of carbonyl (C=O) groups is 2. The summed E-state index contributed by atoms with van der Waals surface area (Å²) in [4.78, 5) is 29.4. The summed E-state index contributed by atoms with van der Waals surface area (Å²) >= 11 is 1.51. The van der Waals surface area contributed by atoms with E-state index in [0.29, 0.717) is 6.54 Å². The zero-order valence-corrected chi connectivity index (χ0v) is 12.7. The fraction of sp³-hybridized carbons (Fsp3) is 0.357. The minimum Gasteiger partial charge on any atom is -0.464 e. The minimum atomic E-state index is -1.29. The van der Waals surface area contributed by atoms with Crippen LogP contribution in [0.3, 0.4) is 0 Å². The molecule has 2 aromatic rings. The van der Waals surface area contributed by atoms with Gasteiger partial charge in [-0.05, 0) is 19.1 Å². The molecule has 0 aliphatic heterocycles. The maximum absolute atomic E-state index is 12.1. The predicted molar refractivity (Wildman–Crippen MR) is 80.7 cm³/mol. The number of benzene rings is 1. The number of esters is 1. The predicted octanol–water partition coefficient (Wildman–Crippen LogP) is 1.15. The van der Waals surface area contributed by atoms with Crippen LogP contribution in [-0.2, 0) is 20.9 Å². The summed E-state index contributed by atoms with van der Waals surface area (Å²) in [6, 6.07) is 6.46. The van der Waals surface area contributed by atoms with Gasteiger partial charge < -0.3 is 15.4 Å². The van der Waals surface area contributed by atoms with Crippen LogP contribution in [0.2, 0.25) is 0 Å². The molecule has 0 saturated carbocycles. The van der Waals surface area contributed by atoms with Crippen molar-refractivity contribution < 1.29 is 14.3 Å². The third-order valence-electron chi connectivity index (χ3n) is 2.89. The van der Waals surface area contributed by atoms with Crippen LogP contribution in [0, 0.1) is 0 Å². The second-order valence-corrected chi connectivity index (χ2v) is 5.61. The van der Waals surface area contributed by atoms with Gasteiger partial charge in [0.05, 0.1) is 23.4 Å². The zero-order chi connectivity index (χ0) is 15.4. The minimum absolute atomic E-state index is 0.196. The van der Waals surface area contributed by atoms with Crippen molar-refractivity contribution in [1.29, 1.82) is 0 Å². The highest BCUT2D eigenvalue weighted by Gasteiger charge is 2.26. The number of aromatic nitrogens is 1. The Morgan fingerprint density at radius 1 is 1.43 bits per heavy atom. The highest BCUT2D eigenvalue weighted by Crippen LogP contribution is 2.22. The molecule has 1 unspecified atom stereocenters. The van der Waals surface area contributed by atoms with Gasteiger partial charge in [0.1, 0.15) is 5.01 Å². The lowest BCUT2D eigenvalue weighted by atomic mass is 10.3. The smallest absolute Gasteiger partial charge is 0.332 e. The van der Waals surface area contributed by atoms with Crippen LogP contribution in [-0.4, -0.2) is 41.5 Å². The first kappa shape index (κ1) is 15.4. The van der Waals surface area contributed by atoms with Crippen molar-refractivity contribution in [2.45, 2.75) is 19.5 Å². The number of fused-ring (bicyclic) bond motifs is 1. The second kappa shape index (κ2) is 6.64. The van der Waals surface area contributed by atoms with E-state index in [-0.39, 0.29) is 6.61 Å². The number of hydrogen-bond acceptors (Lipinski definition) is 6. The Morgan fingerprint density at radius 3 is 2.81 bits per heavy atom. The molecule has 1 heterocycles. The lowest BCUT2D eigenvalue weighted by Crippen LogP contribution is -2.47. The van der Waals surface area contributed by atoms with E-state index in [2.05, 4.69) is 4.98 Å². The zero-order valence-electron chi connectivity index (χ0n) is 11.9. The van der Waals surface area contributed by atoms with E-state index in [1.165, 1.54) is 16.2 Å². The summed E-state index contributed by atoms with van der Waals surface area (Å²) in [6.45, 7) is 2.17. The molecule has 0 aliphatic carbocycles. The van der Waals surface area contributed by atoms with E-state index >= 15 is 0 Å². The number of thiazole rings is 1. The molecule has 0 radical (unpaired) electrons. The summed E-state index contributed by atoms with van der Waals surface area (Å²) in [5.41, 5.74) is 6.49. The Bertz CT molecular complexity index is 623. The van der Waals surface area contributed by atoms with Crippen molar-refractivity contribution in [3.05, 3.63) is 29.3 Å². The van der Waals surface area contributed by atoms with Gasteiger partial charge in [0.15, 0.2) is 6.04 Å². The summed E-state index contributed by atoms with van der Waals surface area (Å²) in [7, 11) is 1.59. The summed E-state index contributed by atoms with van der Waals surface area (Å²) in [5, 5.41) is 0.795. The lowest BCUT2D eigenvalue weighted by molar-refractivity contribution is -0.150. The molecule has 1 aromatic carbocycles. The molecule has 1 amide bonds. The van der Waals surface area contributed by atoms with Gasteiger partial charge in [-0.15, -0.1) is 11.3 Å². The average molecular weight is 307 g/mol. The van der Waals surface area contributed by atoms with Gasteiger partial charge in [0.25, 0.3) is 5.91 Å². The van der Waals surface area contributed by atoms with Crippen LogP contribution in [0.1, 0.15) is 11.9 Å². The molecule has 2 rings (SSSR count). The molecule has 1 atom stereocenters. The fourth-order valence-corrected chi connectivity index (χ4v) is 2.86. The van der Waals surface area contributed by atoms with Gasteiger partial charge in [-0.2, -0.15) is 0 Å². The number of hydrogen-bond donors (Lipinski definition) is 1. The summed E-state index contributed by atoms with van der Waals surface area (Å²) in [5.74, 6) is -1.19. The number of nitrogens with zero attached hydrogens (tertiary/aromatic N) is 2. The Labute approximate surface area is 126 Å². The first-order valence-corrected chi connectivity index (χ1v) is 7.36. The molecular weight excluding hydrogens is 290 g/mol. The monoisotopic (exact) mass is 307 g/mol. The third kappa shape index (κ3) is 3.56. The van der Waals surface area contributed by atoms with Crippen LogP contribution in [0.25, 0.3) is 10.2 Å². The first-order valence-electron chi connectivity index (χ1n) is 6.54. The highest BCUT2D eigenvalue weighted by atomic mass is 32.1. The molecule has 21 heavy (non-hydrogen) atoms. The fourth-order valence-electron chi connectivity index (χ4n) is 1.84. The second-order valence-electron chi connectivity index (χ2n) is 4.50. The quantitative estimate of drug-likeness (QED) is 0.661. The van der Waals surface area contributed by atoms with E-state index in [1.54, 1.807) is 14.0 Å². The van der Waals surface area contributed by atoms with Gasteiger partial charge in [0, 0.05) is 7.05 Å². The van der Waals surface area contributed by atoms with Crippen molar-refractivity contribution >= 4 is 33.4 Å². The Balaban J connectivity index is 2.04. The highest BCUT2D eigenvalue weighted by molar-refractivity contribution is 7.18. The Kier molecular flexibility index (Phi) is 4.87. The van der Waals surface area contributed by atoms with Crippen molar-refractivity contribution in [1.82, 2.24) is 9.88 Å². The molecule has 0 saturated heterocycles. The normalized spacial score (nSPS) is 12.1. The van der Waals surface area contributed by atoms with Crippen molar-refractivity contribution in [2.75, 3.05) is 13.7 Å². The van der Waals surface area contributed by atoms with Gasteiger partial charge >= 0.3 is 5.97 Å². The van der Waals surface area contributed by atoms with Gasteiger partial charge in [0.2, 0.25) is 0 Å². The number of amides is 1. The van der Waals surface area contributed by atoms with Crippen LogP contribution in [0.4, 0.5) is 0 Å². The van der Waals surface area contributed by atoms with Crippen molar-refractivity contribution in [3.63, 3.8) is 0 Å². The number of rotatable bonds is 5. The summed E-state index contributed by atoms with van der Waals surface area (Å²) < 4.78 is 5.81. The number of nitrogens with two attached hydrogens (primary N) is 1. The van der Waals surface area contributed by atoms with Crippen LogP contribution >= 0.6 is 11.3 Å². The standard InChI is InChI=1S/C14H17N3O3S/c1-3-20-14(19)12(15)13(18)17(2)8-11-16-9-6-4-5-7-10(9)21-11/h4-7,12H,3,8,15H2,1-2H3. The van der Waals surface area contributed by atoms with Gasteiger partial charge in [-0.25, -0.2) is 9.78 Å². The first-order chi connectivity index (χ1) is 10.0. The number of para-hydroxylation sites is 1. The molecule has 0 spiro atoms. The molecule has 2 N–H and O–H groups in total. The van der Waals surface area contributed by atoms with Gasteiger partial charge in [-0.3, -0.25) is 4.79 Å². The molecule has 112 valence electrons. The maximum Gasteiger partial charge on any atom is 0.332 e. The lowest BCUT2D eigenvalue weighted by Gasteiger charge is -2.19. The molecule has 1 aromatic heterocycles. The largest absolute Gasteiger partial charge is 0.464 e. The van der Waals surface area contributed by atoms with Crippen LogP contribution in [0.5, 0.6) is 0 Å². The van der Waals surface area contributed by atoms with E-state index in [4.69, 9.17) is 10.5 Å². The molecule has 7 heteroatoms. The Hall–Kier alpha value is -1.99. The molecule has 6 nitrogen and oxygen atoms in total. The van der Waals surface area contributed by atoms with Crippen LogP contribution in [0.15, 0.2) is 24.3 Å². The Morgan fingerprint density at radius 2 is 2.14 bits per heavy atom.